The van der Waals surface area contributed by atoms with E-state index in [0.717, 1.165) is 16.6 Å². The zero-order valence-corrected chi connectivity index (χ0v) is 19.9. The highest BCUT2D eigenvalue weighted by molar-refractivity contribution is 5.86. The fraction of sp³-hybridized carbons (Fsp3) is 0.214. The largest absolute Gasteiger partial charge is 0.485 e. The first-order valence-electron chi connectivity index (χ1n) is 12.1. The van der Waals surface area contributed by atoms with Crippen molar-refractivity contribution in [2.45, 2.75) is 25.3 Å². The van der Waals surface area contributed by atoms with Crippen LogP contribution in [0.2, 0.25) is 0 Å². The van der Waals surface area contributed by atoms with E-state index in [0.29, 0.717) is 35.8 Å². The highest BCUT2D eigenvalue weighted by Crippen LogP contribution is 2.30. The molecule has 37 heavy (non-hydrogen) atoms. The summed E-state index contributed by atoms with van der Waals surface area (Å²) in [6.45, 7) is 0.403. The van der Waals surface area contributed by atoms with E-state index < -0.39 is 18.4 Å². The molecule has 0 N–H and O–H groups in total. The monoisotopic (exact) mass is 497 g/mol. The molecule has 186 valence electrons. The second-order valence-corrected chi connectivity index (χ2v) is 8.92. The lowest BCUT2D eigenvalue weighted by atomic mass is 10.1. The molecule has 0 bridgehead atoms. The van der Waals surface area contributed by atoms with Gasteiger partial charge in [-0.1, -0.05) is 54.6 Å². The van der Waals surface area contributed by atoms with Crippen molar-refractivity contribution in [3.63, 3.8) is 0 Å². The number of hydrogen-bond donors (Lipinski definition) is 0. The van der Waals surface area contributed by atoms with Crippen LogP contribution in [0.5, 0.6) is 5.75 Å². The van der Waals surface area contributed by atoms with Gasteiger partial charge in [0.1, 0.15) is 29.7 Å². The Bertz CT molecular complexity index is 1560. The molecule has 1 aliphatic rings. The number of para-hydroxylation sites is 1. The zero-order valence-electron chi connectivity index (χ0n) is 19.9. The molecule has 2 atom stereocenters. The number of pyridine rings is 2. The number of benzene rings is 2. The fourth-order valence-electron chi connectivity index (χ4n) is 4.51. The minimum absolute atomic E-state index is 0.0898. The molecule has 4 heterocycles. The van der Waals surface area contributed by atoms with E-state index >= 15 is 4.39 Å². The number of amides is 1. The number of piperidine rings is 1. The summed E-state index contributed by atoms with van der Waals surface area (Å²) in [5.74, 6) is 1.10. The number of carbonyl (C=O) groups excluding carboxylic acids is 1. The molecule has 0 radical (unpaired) electrons. The molecule has 2 aromatic carbocycles. The van der Waals surface area contributed by atoms with Crippen LogP contribution < -0.4 is 4.74 Å². The lowest BCUT2D eigenvalue weighted by Crippen LogP contribution is -2.49. The Labute approximate surface area is 212 Å². The van der Waals surface area contributed by atoms with Crippen molar-refractivity contribution < 1.29 is 18.7 Å². The van der Waals surface area contributed by atoms with Crippen LogP contribution in [0.4, 0.5) is 9.18 Å². The van der Waals surface area contributed by atoms with Gasteiger partial charge in [0.05, 0.1) is 6.54 Å². The number of carbonyl (C=O) groups is 1. The average molecular weight is 498 g/mol. The quantitative estimate of drug-likeness (QED) is 0.337. The number of alkyl halides is 1. The van der Waals surface area contributed by atoms with E-state index in [-0.39, 0.29) is 13.2 Å². The lowest BCUT2D eigenvalue weighted by Gasteiger charge is -2.34. The smallest absolute Gasteiger partial charge is 0.410 e. The third kappa shape index (κ3) is 4.67. The Morgan fingerprint density at radius 2 is 1.84 bits per heavy atom. The first-order chi connectivity index (χ1) is 18.2. The predicted molar refractivity (Wildman–Crippen MR) is 136 cm³/mol. The van der Waals surface area contributed by atoms with Gasteiger partial charge < -0.3 is 14.4 Å². The van der Waals surface area contributed by atoms with Crippen molar-refractivity contribution in [1.82, 2.24) is 24.5 Å². The molecule has 3 aromatic heterocycles. The van der Waals surface area contributed by atoms with E-state index in [1.54, 1.807) is 6.07 Å². The van der Waals surface area contributed by atoms with Gasteiger partial charge in [-0.15, -0.1) is 10.2 Å². The number of likely N-dealkylation sites (tertiary alicyclic amines) is 1. The van der Waals surface area contributed by atoms with E-state index in [2.05, 4.69) is 10.2 Å². The molecule has 0 spiro atoms. The van der Waals surface area contributed by atoms with Gasteiger partial charge in [0.25, 0.3) is 0 Å². The average Bonchev–Trinajstić information content (AvgIpc) is 3.37. The first kappa shape index (κ1) is 22.9. The Balaban J connectivity index is 1.17. The number of fused-ring (bicyclic) bond motifs is 2. The maximum atomic E-state index is 15.2. The molecule has 8 nitrogen and oxygen atoms in total. The highest BCUT2D eigenvalue weighted by atomic mass is 19.1. The molecular formula is C28H24FN5O3. The molecule has 1 saturated heterocycles. The SMILES string of the molecule is O=C(OCc1ccccc1)N1CC[C@H](Oc2cccc3ccc(-c4nnc5ccccn45)nc23)[C@@H](F)C1. The minimum Gasteiger partial charge on any atom is -0.485 e. The second-order valence-electron chi connectivity index (χ2n) is 8.92. The molecule has 1 amide bonds. The molecule has 0 aliphatic carbocycles. The van der Waals surface area contributed by atoms with Gasteiger partial charge in [0.15, 0.2) is 17.6 Å². The molecule has 9 heteroatoms. The second kappa shape index (κ2) is 9.85. The van der Waals surface area contributed by atoms with E-state index in [1.165, 1.54) is 4.90 Å². The Morgan fingerprint density at radius 1 is 0.973 bits per heavy atom. The van der Waals surface area contributed by atoms with Crippen LogP contribution >= 0.6 is 0 Å². The van der Waals surface area contributed by atoms with Gasteiger partial charge in [-0.3, -0.25) is 4.40 Å². The van der Waals surface area contributed by atoms with Crippen molar-refractivity contribution >= 4 is 22.6 Å². The summed E-state index contributed by atoms with van der Waals surface area (Å²) in [6, 6.07) is 24.5. The number of halogens is 1. The molecule has 0 saturated carbocycles. The number of hydrogen-bond acceptors (Lipinski definition) is 6. The van der Waals surface area contributed by atoms with Crippen molar-refractivity contribution in [3.05, 3.63) is 90.6 Å². The molecular weight excluding hydrogens is 473 g/mol. The van der Waals surface area contributed by atoms with Crippen LogP contribution in [0, 0.1) is 0 Å². The van der Waals surface area contributed by atoms with Crippen LogP contribution in [0.15, 0.2) is 85.1 Å². The first-order valence-corrected chi connectivity index (χ1v) is 12.1. The van der Waals surface area contributed by atoms with Gasteiger partial charge in [-0.25, -0.2) is 14.2 Å². The number of ether oxygens (including phenoxy) is 2. The van der Waals surface area contributed by atoms with Crippen molar-refractivity contribution in [3.8, 4) is 17.3 Å². The highest BCUT2D eigenvalue weighted by Gasteiger charge is 2.34. The van der Waals surface area contributed by atoms with E-state index in [9.17, 15) is 4.79 Å². The fourth-order valence-corrected chi connectivity index (χ4v) is 4.51. The Morgan fingerprint density at radius 3 is 2.70 bits per heavy atom. The summed E-state index contributed by atoms with van der Waals surface area (Å²) >= 11 is 0. The normalized spacial score (nSPS) is 17.7. The summed E-state index contributed by atoms with van der Waals surface area (Å²) < 4.78 is 28.5. The molecule has 6 rings (SSSR count). The number of rotatable bonds is 5. The van der Waals surface area contributed by atoms with Crippen LogP contribution in [-0.2, 0) is 11.3 Å². The summed E-state index contributed by atoms with van der Waals surface area (Å²) in [4.78, 5) is 18.7. The van der Waals surface area contributed by atoms with Gasteiger partial charge in [-0.05, 0) is 29.8 Å². The van der Waals surface area contributed by atoms with Gasteiger partial charge >= 0.3 is 6.09 Å². The Kier molecular flexibility index (Phi) is 6.10. The van der Waals surface area contributed by atoms with E-state index in [4.69, 9.17) is 14.5 Å². The Hall–Kier alpha value is -4.53. The number of nitrogens with zero attached hydrogens (tertiary/aromatic N) is 5. The van der Waals surface area contributed by atoms with Gasteiger partial charge in [-0.2, -0.15) is 0 Å². The van der Waals surface area contributed by atoms with Gasteiger partial charge in [0.2, 0.25) is 0 Å². The van der Waals surface area contributed by atoms with Gasteiger partial charge in [0, 0.05) is 24.5 Å². The van der Waals surface area contributed by atoms with Crippen molar-refractivity contribution in [1.29, 1.82) is 0 Å². The summed E-state index contributed by atoms with van der Waals surface area (Å²) in [5.41, 5.74) is 2.85. The summed E-state index contributed by atoms with van der Waals surface area (Å²) in [5, 5.41) is 9.36. The zero-order chi connectivity index (χ0) is 25.2. The summed E-state index contributed by atoms with van der Waals surface area (Å²) in [6.07, 6.45) is -0.375. The lowest BCUT2D eigenvalue weighted by molar-refractivity contribution is 0.0153. The van der Waals surface area contributed by atoms with E-state index in [1.807, 2.05) is 83.4 Å². The van der Waals surface area contributed by atoms with Crippen molar-refractivity contribution in [2.75, 3.05) is 13.1 Å². The minimum atomic E-state index is -1.36. The maximum absolute atomic E-state index is 15.2. The molecule has 1 aliphatic heterocycles. The third-order valence-electron chi connectivity index (χ3n) is 6.45. The van der Waals surface area contributed by atoms with Crippen LogP contribution in [-0.4, -0.2) is 55.9 Å². The molecule has 1 fully saturated rings. The van der Waals surface area contributed by atoms with Crippen molar-refractivity contribution in [2.24, 2.45) is 0 Å². The van der Waals surface area contributed by atoms with Crippen LogP contribution in [0.3, 0.4) is 0 Å². The topological polar surface area (TPSA) is 81.8 Å². The predicted octanol–water partition coefficient (Wildman–Crippen LogP) is 5.07. The summed E-state index contributed by atoms with van der Waals surface area (Å²) in [7, 11) is 0. The third-order valence-corrected chi connectivity index (χ3v) is 6.45. The van der Waals surface area contributed by atoms with Crippen LogP contribution in [0.1, 0.15) is 12.0 Å². The molecule has 0 unspecified atom stereocenters. The standard InChI is InChI=1S/C28H24FN5O3/c29-21-17-33(28(35)36-18-19-7-2-1-3-8-19)16-14-23(21)37-24-10-6-9-20-12-13-22(30-26(20)24)27-32-31-25-11-4-5-15-34(25)27/h1-13,15,21,23H,14,16-18H2/t21-,23-/m0/s1. The van der Waals surface area contributed by atoms with Crippen LogP contribution in [0.25, 0.3) is 28.1 Å². The molecule has 5 aromatic rings. The number of aromatic nitrogens is 4. The maximum Gasteiger partial charge on any atom is 0.410 e.